The zero-order chi connectivity index (χ0) is 8.10. The summed E-state index contributed by atoms with van der Waals surface area (Å²) in [7, 11) is 1.52. The fraction of sp³-hybridized carbons (Fsp3) is 0.222. The largest absolute Gasteiger partial charge is 0.399 e. The molecular formula is C9H10NO. The second-order valence-electron chi connectivity index (χ2n) is 2.22. The molecule has 0 atom stereocenters. The summed E-state index contributed by atoms with van der Waals surface area (Å²) < 4.78 is 0. The number of nitrogens with zero attached hydrogens (tertiary/aromatic N) is 1. The predicted octanol–water partition coefficient (Wildman–Crippen LogP) is 1.78. The lowest BCUT2D eigenvalue weighted by Gasteiger charge is -1.92. The van der Waals surface area contributed by atoms with Crippen LogP contribution in [0.1, 0.15) is 11.1 Å². The van der Waals surface area contributed by atoms with E-state index >= 15 is 0 Å². The van der Waals surface area contributed by atoms with Gasteiger partial charge in [0.1, 0.15) is 7.11 Å². The SMILES string of the molecule is CON=Cc1c[c]c(C)cc1. The van der Waals surface area contributed by atoms with Crippen molar-refractivity contribution in [3.05, 3.63) is 35.4 Å². The second kappa shape index (κ2) is 3.76. The van der Waals surface area contributed by atoms with Gasteiger partial charge in [-0.15, -0.1) is 0 Å². The Morgan fingerprint density at radius 3 is 2.91 bits per heavy atom. The fourth-order valence-corrected chi connectivity index (χ4v) is 0.708. The average molecular weight is 148 g/mol. The summed E-state index contributed by atoms with van der Waals surface area (Å²) in [4.78, 5) is 4.53. The molecule has 0 spiro atoms. The summed E-state index contributed by atoms with van der Waals surface area (Å²) in [6, 6.07) is 8.88. The Morgan fingerprint density at radius 1 is 1.55 bits per heavy atom. The van der Waals surface area contributed by atoms with Gasteiger partial charge in [-0.3, -0.25) is 0 Å². The van der Waals surface area contributed by atoms with E-state index in [9.17, 15) is 0 Å². The quantitative estimate of drug-likeness (QED) is 0.462. The van der Waals surface area contributed by atoms with E-state index < -0.39 is 0 Å². The summed E-state index contributed by atoms with van der Waals surface area (Å²) in [5, 5.41) is 3.63. The molecule has 2 heteroatoms. The van der Waals surface area contributed by atoms with E-state index in [0.29, 0.717) is 0 Å². The summed E-state index contributed by atoms with van der Waals surface area (Å²) in [5.74, 6) is 0. The number of rotatable bonds is 2. The molecule has 0 bridgehead atoms. The van der Waals surface area contributed by atoms with Gasteiger partial charge in [0.25, 0.3) is 0 Å². The van der Waals surface area contributed by atoms with Gasteiger partial charge in [-0.1, -0.05) is 17.3 Å². The van der Waals surface area contributed by atoms with Gasteiger partial charge in [0, 0.05) is 0 Å². The van der Waals surface area contributed by atoms with Crippen LogP contribution in [0.3, 0.4) is 0 Å². The lowest BCUT2D eigenvalue weighted by atomic mass is 10.2. The van der Waals surface area contributed by atoms with E-state index in [2.05, 4.69) is 16.1 Å². The molecule has 11 heavy (non-hydrogen) atoms. The van der Waals surface area contributed by atoms with Crippen molar-refractivity contribution < 1.29 is 4.84 Å². The zero-order valence-electron chi connectivity index (χ0n) is 6.66. The summed E-state index contributed by atoms with van der Waals surface area (Å²) in [5.41, 5.74) is 2.12. The molecule has 0 aliphatic carbocycles. The van der Waals surface area contributed by atoms with Crippen LogP contribution < -0.4 is 0 Å². The van der Waals surface area contributed by atoms with Crippen LogP contribution in [-0.2, 0) is 4.84 Å². The lowest BCUT2D eigenvalue weighted by molar-refractivity contribution is 0.215. The molecule has 0 unspecified atom stereocenters. The Bertz CT molecular complexity index is 238. The maximum atomic E-state index is 4.53. The highest BCUT2D eigenvalue weighted by Gasteiger charge is 1.86. The highest BCUT2D eigenvalue weighted by molar-refractivity contribution is 5.78. The summed E-state index contributed by atoms with van der Waals surface area (Å²) in [6.07, 6.45) is 1.65. The van der Waals surface area contributed by atoms with Crippen LogP contribution >= 0.6 is 0 Å². The summed E-state index contributed by atoms with van der Waals surface area (Å²) in [6.45, 7) is 2.00. The van der Waals surface area contributed by atoms with Gasteiger partial charge >= 0.3 is 0 Å². The molecule has 0 aromatic heterocycles. The van der Waals surface area contributed by atoms with Crippen LogP contribution in [0.2, 0.25) is 0 Å². The Hall–Kier alpha value is -1.31. The first kappa shape index (κ1) is 7.79. The number of hydrogen-bond donors (Lipinski definition) is 0. The number of hydrogen-bond acceptors (Lipinski definition) is 2. The minimum absolute atomic E-state index is 0.998. The molecule has 0 amide bonds. The molecule has 2 nitrogen and oxygen atoms in total. The maximum Gasteiger partial charge on any atom is 0.106 e. The first-order valence-corrected chi connectivity index (χ1v) is 3.38. The number of benzene rings is 1. The van der Waals surface area contributed by atoms with Gasteiger partial charge in [-0.05, 0) is 30.2 Å². The maximum absolute atomic E-state index is 4.53. The third kappa shape index (κ3) is 2.42. The van der Waals surface area contributed by atoms with Crippen molar-refractivity contribution >= 4 is 6.21 Å². The van der Waals surface area contributed by atoms with Gasteiger partial charge in [0.2, 0.25) is 0 Å². The smallest absolute Gasteiger partial charge is 0.106 e. The van der Waals surface area contributed by atoms with Crippen LogP contribution in [0, 0.1) is 13.0 Å². The van der Waals surface area contributed by atoms with Crippen molar-refractivity contribution in [3.63, 3.8) is 0 Å². The van der Waals surface area contributed by atoms with Gasteiger partial charge in [0.05, 0.1) is 6.21 Å². The van der Waals surface area contributed by atoms with Crippen LogP contribution in [0.25, 0.3) is 0 Å². The molecule has 0 aliphatic heterocycles. The third-order valence-corrected chi connectivity index (χ3v) is 1.30. The van der Waals surface area contributed by atoms with E-state index in [1.165, 1.54) is 7.11 Å². The lowest BCUT2D eigenvalue weighted by Crippen LogP contribution is -1.81. The highest BCUT2D eigenvalue weighted by Crippen LogP contribution is 1.98. The molecule has 57 valence electrons. The van der Waals surface area contributed by atoms with Crippen LogP contribution in [-0.4, -0.2) is 13.3 Å². The Balaban J connectivity index is 2.73. The van der Waals surface area contributed by atoms with Crippen molar-refractivity contribution in [1.82, 2.24) is 0 Å². The fourth-order valence-electron chi connectivity index (χ4n) is 0.708. The third-order valence-electron chi connectivity index (χ3n) is 1.30. The normalized spacial score (nSPS) is 10.4. The topological polar surface area (TPSA) is 21.6 Å². The zero-order valence-corrected chi connectivity index (χ0v) is 6.66. The first-order chi connectivity index (χ1) is 5.33. The molecular weight excluding hydrogens is 138 g/mol. The Kier molecular flexibility index (Phi) is 2.66. The molecule has 1 radical (unpaired) electrons. The van der Waals surface area contributed by atoms with Gasteiger partial charge in [0.15, 0.2) is 0 Å². The van der Waals surface area contributed by atoms with Crippen molar-refractivity contribution in [2.24, 2.45) is 5.16 Å². The second-order valence-corrected chi connectivity index (χ2v) is 2.22. The van der Waals surface area contributed by atoms with E-state index in [1.54, 1.807) is 6.21 Å². The molecule has 0 N–H and O–H groups in total. The predicted molar refractivity (Wildman–Crippen MR) is 44.6 cm³/mol. The molecule has 0 saturated heterocycles. The molecule has 0 aliphatic rings. The van der Waals surface area contributed by atoms with Crippen molar-refractivity contribution in [2.75, 3.05) is 7.11 Å². The Labute approximate surface area is 66.5 Å². The molecule has 0 heterocycles. The summed E-state index contributed by atoms with van der Waals surface area (Å²) >= 11 is 0. The van der Waals surface area contributed by atoms with Crippen molar-refractivity contribution in [1.29, 1.82) is 0 Å². The van der Waals surface area contributed by atoms with Gasteiger partial charge < -0.3 is 4.84 Å². The van der Waals surface area contributed by atoms with Crippen LogP contribution in [0.5, 0.6) is 0 Å². The van der Waals surface area contributed by atoms with Crippen LogP contribution in [0.4, 0.5) is 0 Å². The molecule has 1 rings (SSSR count). The van der Waals surface area contributed by atoms with Crippen molar-refractivity contribution in [3.8, 4) is 0 Å². The molecule has 1 aromatic carbocycles. The Morgan fingerprint density at radius 2 is 2.36 bits per heavy atom. The number of aryl methyl sites for hydroxylation is 1. The minimum atomic E-state index is 0.998. The number of oxime groups is 1. The van der Waals surface area contributed by atoms with E-state index in [1.807, 2.05) is 25.1 Å². The van der Waals surface area contributed by atoms with E-state index in [4.69, 9.17) is 0 Å². The minimum Gasteiger partial charge on any atom is -0.399 e. The van der Waals surface area contributed by atoms with Crippen molar-refractivity contribution in [2.45, 2.75) is 6.92 Å². The van der Waals surface area contributed by atoms with E-state index in [0.717, 1.165) is 11.1 Å². The first-order valence-electron chi connectivity index (χ1n) is 3.38. The van der Waals surface area contributed by atoms with E-state index in [-0.39, 0.29) is 0 Å². The average Bonchev–Trinajstić information content (AvgIpc) is 2.04. The van der Waals surface area contributed by atoms with Gasteiger partial charge in [-0.2, -0.15) is 0 Å². The van der Waals surface area contributed by atoms with Crippen LogP contribution in [0.15, 0.2) is 23.4 Å². The molecule has 0 fully saturated rings. The highest BCUT2D eigenvalue weighted by atomic mass is 16.6. The van der Waals surface area contributed by atoms with Gasteiger partial charge in [-0.25, -0.2) is 0 Å². The monoisotopic (exact) mass is 148 g/mol. The standard InChI is InChI=1S/C9H10NO/c1-8-3-5-9(6-4-8)7-10-11-2/h3,5-7H,1-2H3. The molecule has 1 aromatic rings. The molecule has 0 saturated carbocycles.